The average Bonchev–Trinajstić information content (AvgIpc) is 2.28. The van der Waals surface area contributed by atoms with Gasteiger partial charge in [-0.05, 0) is 31.6 Å². The van der Waals surface area contributed by atoms with E-state index in [4.69, 9.17) is 9.73 Å². The van der Waals surface area contributed by atoms with Crippen molar-refractivity contribution in [2.24, 2.45) is 10.4 Å². The molecule has 0 aromatic rings. The summed E-state index contributed by atoms with van der Waals surface area (Å²) in [5.41, 5.74) is 0.439. The molecule has 1 unspecified atom stereocenters. The van der Waals surface area contributed by atoms with E-state index >= 15 is 0 Å². The Bertz CT molecular complexity index is 316. The fraction of sp³-hybridized carbons (Fsp3) is 0.929. The lowest BCUT2D eigenvalue weighted by molar-refractivity contribution is 0.0526. The Morgan fingerprint density at radius 2 is 2.00 bits per heavy atom. The zero-order valence-electron chi connectivity index (χ0n) is 12.1. The van der Waals surface area contributed by atoms with E-state index in [1.807, 2.05) is 11.8 Å². The molecule has 0 aliphatic carbocycles. The van der Waals surface area contributed by atoms with E-state index in [1.54, 1.807) is 0 Å². The van der Waals surface area contributed by atoms with Gasteiger partial charge in [0.1, 0.15) is 0 Å². The molecule has 0 saturated carbocycles. The van der Waals surface area contributed by atoms with Gasteiger partial charge in [0.25, 0.3) is 0 Å². The van der Waals surface area contributed by atoms with Gasteiger partial charge < -0.3 is 10.1 Å². The highest BCUT2D eigenvalue weighted by Crippen LogP contribution is 2.31. The summed E-state index contributed by atoms with van der Waals surface area (Å²) in [4.78, 5) is 4.92. The summed E-state index contributed by atoms with van der Waals surface area (Å²) in [5.74, 6) is 1.18. The predicted octanol–water partition coefficient (Wildman–Crippen LogP) is 3.05. The third-order valence-electron chi connectivity index (χ3n) is 3.91. The Hall–Kier alpha value is -0.220. The van der Waals surface area contributed by atoms with E-state index in [1.165, 1.54) is 12.2 Å². The molecule has 1 N–H and O–H groups in total. The van der Waals surface area contributed by atoms with Crippen molar-refractivity contribution >= 4 is 16.9 Å². The maximum Gasteiger partial charge on any atom is 0.157 e. The molecular formula is C14H26N2OS. The number of nitrogens with zero attached hydrogens (tertiary/aromatic N) is 1. The van der Waals surface area contributed by atoms with E-state index < -0.39 is 0 Å². The second-order valence-corrected chi connectivity index (χ2v) is 7.83. The molecule has 1 atom stereocenters. The highest BCUT2D eigenvalue weighted by Gasteiger charge is 2.32. The van der Waals surface area contributed by atoms with Gasteiger partial charge in [-0.3, -0.25) is 4.99 Å². The monoisotopic (exact) mass is 270 g/mol. The van der Waals surface area contributed by atoms with Crippen molar-refractivity contribution in [3.05, 3.63) is 0 Å². The molecule has 0 aromatic carbocycles. The molecule has 3 nitrogen and oxygen atoms in total. The number of hydrogen-bond acceptors (Lipinski definition) is 4. The maximum absolute atomic E-state index is 5.44. The quantitative estimate of drug-likeness (QED) is 0.795. The van der Waals surface area contributed by atoms with Crippen LogP contribution in [0.3, 0.4) is 0 Å². The second-order valence-electron chi connectivity index (χ2n) is 6.75. The van der Waals surface area contributed by atoms with Crippen LogP contribution in [0.5, 0.6) is 0 Å². The summed E-state index contributed by atoms with van der Waals surface area (Å²) in [5, 5.41) is 4.81. The first kappa shape index (κ1) is 14.2. The van der Waals surface area contributed by atoms with E-state index in [9.17, 15) is 0 Å². The third kappa shape index (κ3) is 3.64. The molecule has 0 spiro atoms. The van der Waals surface area contributed by atoms with Gasteiger partial charge >= 0.3 is 0 Å². The molecule has 0 aromatic heterocycles. The Labute approximate surface area is 115 Å². The topological polar surface area (TPSA) is 33.6 Å². The zero-order chi connectivity index (χ0) is 13.2. The first-order valence-corrected chi connectivity index (χ1v) is 7.94. The smallest absolute Gasteiger partial charge is 0.157 e. The molecule has 2 heterocycles. The first-order chi connectivity index (χ1) is 8.39. The normalized spacial score (nSPS) is 28.7. The van der Waals surface area contributed by atoms with Crippen LogP contribution >= 0.6 is 11.8 Å². The summed E-state index contributed by atoms with van der Waals surface area (Å²) in [7, 11) is 0. The van der Waals surface area contributed by atoms with Crippen LogP contribution in [-0.2, 0) is 4.74 Å². The van der Waals surface area contributed by atoms with E-state index in [0.29, 0.717) is 6.04 Å². The lowest BCUT2D eigenvalue weighted by atomic mass is 9.85. The van der Waals surface area contributed by atoms with Crippen molar-refractivity contribution in [1.29, 1.82) is 0 Å². The van der Waals surface area contributed by atoms with Crippen molar-refractivity contribution in [2.75, 3.05) is 19.0 Å². The van der Waals surface area contributed by atoms with Gasteiger partial charge in [0.2, 0.25) is 0 Å². The van der Waals surface area contributed by atoms with Crippen molar-refractivity contribution < 1.29 is 4.74 Å². The second kappa shape index (κ2) is 5.41. The summed E-state index contributed by atoms with van der Waals surface area (Å²) in [6.45, 7) is 10.9. The number of rotatable bonds is 1. The van der Waals surface area contributed by atoms with Gasteiger partial charge in [-0.25, -0.2) is 0 Å². The molecule has 2 aliphatic heterocycles. The fourth-order valence-electron chi connectivity index (χ4n) is 2.41. The van der Waals surface area contributed by atoms with Crippen LogP contribution in [0, 0.1) is 5.41 Å². The van der Waals surface area contributed by atoms with Gasteiger partial charge in [-0.2, -0.15) is 0 Å². The highest BCUT2D eigenvalue weighted by molar-refractivity contribution is 8.13. The number of aliphatic imine (C=N–C) groups is 1. The first-order valence-electron chi connectivity index (χ1n) is 6.96. The van der Waals surface area contributed by atoms with Gasteiger partial charge in [-0.1, -0.05) is 32.5 Å². The molecule has 1 fully saturated rings. The molecule has 2 rings (SSSR count). The lowest BCUT2D eigenvalue weighted by Crippen LogP contribution is -2.50. The van der Waals surface area contributed by atoms with Gasteiger partial charge in [-0.15, -0.1) is 0 Å². The molecule has 4 heteroatoms. The van der Waals surface area contributed by atoms with Crippen molar-refractivity contribution in [3.8, 4) is 0 Å². The van der Waals surface area contributed by atoms with Crippen molar-refractivity contribution in [3.63, 3.8) is 0 Å². The number of ether oxygens (including phenoxy) is 1. The average molecular weight is 270 g/mol. The molecule has 104 valence electrons. The predicted molar refractivity (Wildman–Crippen MR) is 79.3 cm³/mol. The minimum absolute atomic E-state index is 0.170. The van der Waals surface area contributed by atoms with Crippen LogP contribution in [0.4, 0.5) is 0 Å². The molecule has 1 saturated heterocycles. The van der Waals surface area contributed by atoms with Gasteiger partial charge in [0, 0.05) is 24.5 Å². The fourth-order valence-corrected chi connectivity index (χ4v) is 3.47. The Kier molecular flexibility index (Phi) is 4.27. The summed E-state index contributed by atoms with van der Waals surface area (Å²) >= 11 is 1.87. The van der Waals surface area contributed by atoms with Gasteiger partial charge in [0.15, 0.2) is 5.17 Å². The largest absolute Gasteiger partial charge is 0.381 e. The molecular weight excluding hydrogens is 244 g/mol. The summed E-state index contributed by atoms with van der Waals surface area (Å²) in [6, 6.07) is 0.449. The molecule has 18 heavy (non-hydrogen) atoms. The summed E-state index contributed by atoms with van der Waals surface area (Å²) in [6.07, 6.45) is 3.35. The van der Waals surface area contributed by atoms with Crippen molar-refractivity contribution in [2.45, 2.75) is 58.5 Å². The highest BCUT2D eigenvalue weighted by atomic mass is 32.2. The lowest BCUT2D eigenvalue weighted by Gasteiger charge is -2.38. The number of amidine groups is 1. The van der Waals surface area contributed by atoms with E-state index in [2.05, 4.69) is 33.0 Å². The van der Waals surface area contributed by atoms with Crippen LogP contribution in [-0.4, -0.2) is 35.7 Å². The standard InChI is InChI=1S/C14H26N2OS/c1-13(2,3)11-5-10-18-12(15-11)16-14(4)6-8-17-9-7-14/h11H,5-10H2,1-4H3,(H,15,16). The summed E-state index contributed by atoms with van der Waals surface area (Å²) < 4.78 is 5.44. The van der Waals surface area contributed by atoms with Crippen LogP contribution in [0.25, 0.3) is 0 Å². The Morgan fingerprint density at radius 1 is 1.33 bits per heavy atom. The SMILES string of the molecule is CC1(NC2=NC(C(C)(C)C)CCS2)CCOCC1. The zero-order valence-corrected chi connectivity index (χ0v) is 12.9. The molecule has 0 radical (unpaired) electrons. The van der Waals surface area contributed by atoms with Crippen LogP contribution < -0.4 is 5.32 Å². The minimum Gasteiger partial charge on any atom is -0.381 e. The Morgan fingerprint density at radius 3 is 2.61 bits per heavy atom. The third-order valence-corrected chi connectivity index (χ3v) is 4.83. The molecule has 0 bridgehead atoms. The number of nitrogens with one attached hydrogen (secondary N) is 1. The Balaban J connectivity index is 2.01. The molecule has 0 amide bonds. The molecule has 2 aliphatic rings. The number of thioether (sulfide) groups is 1. The number of hydrogen-bond donors (Lipinski definition) is 1. The van der Waals surface area contributed by atoms with Gasteiger partial charge in [0.05, 0.1) is 6.04 Å². The minimum atomic E-state index is 0.170. The van der Waals surface area contributed by atoms with Crippen molar-refractivity contribution in [1.82, 2.24) is 5.32 Å². The van der Waals surface area contributed by atoms with Crippen LogP contribution in [0.2, 0.25) is 0 Å². The van der Waals surface area contributed by atoms with Crippen LogP contribution in [0.1, 0.15) is 47.0 Å². The van der Waals surface area contributed by atoms with Crippen LogP contribution in [0.15, 0.2) is 4.99 Å². The van der Waals surface area contributed by atoms with E-state index in [0.717, 1.165) is 31.2 Å². The maximum atomic E-state index is 5.44. The van der Waals surface area contributed by atoms with E-state index in [-0.39, 0.29) is 11.0 Å².